The lowest BCUT2D eigenvalue weighted by Gasteiger charge is -2.02. The van der Waals surface area contributed by atoms with Gasteiger partial charge in [0, 0.05) is 6.04 Å². The molecule has 0 aliphatic heterocycles. The molecule has 0 atom stereocenters. The van der Waals surface area contributed by atoms with Crippen LogP contribution in [0.1, 0.15) is 29.6 Å². The van der Waals surface area contributed by atoms with Gasteiger partial charge in [0.25, 0.3) is 0 Å². The molecule has 5 nitrogen and oxygen atoms in total. The fourth-order valence-corrected chi connectivity index (χ4v) is 2.20. The zero-order chi connectivity index (χ0) is 10.3. The van der Waals surface area contributed by atoms with Crippen molar-refractivity contribution in [3.05, 3.63) is 10.9 Å². The minimum Gasteiger partial charge on any atom is -0.477 e. The Kier molecular flexibility index (Phi) is 1.99. The fourth-order valence-electron chi connectivity index (χ4n) is 1.19. The van der Waals surface area contributed by atoms with Crippen molar-refractivity contribution in [3.63, 3.8) is 0 Å². The van der Waals surface area contributed by atoms with Crippen molar-refractivity contribution in [3.8, 4) is 0 Å². The summed E-state index contributed by atoms with van der Waals surface area (Å²) in [4.78, 5) is 11.8. The summed E-state index contributed by atoms with van der Waals surface area (Å²) >= 11 is 1.21. The molecule has 0 aliphatic rings. The molecule has 0 fully saturated rings. The highest BCUT2D eigenvalue weighted by atomic mass is 32.1. The van der Waals surface area contributed by atoms with E-state index in [1.54, 1.807) is 10.7 Å². The molecule has 0 spiro atoms. The van der Waals surface area contributed by atoms with E-state index in [-0.39, 0.29) is 6.04 Å². The Bertz CT molecular complexity index is 486. The number of rotatable bonds is 2. The second-order valence-corrected chi connectivity index (χ2v) is 4.26. The van der Waals surface area contributed by atoms with Gasteiger partial charge in [-0.25, -0.2) is 9.48 Å². The van der Waals surface area contributed by atoms with Gasteiger partial charge in [-0.05, 0) is 19.9 Å². The molecule has 2 rings (SSSR count). The second-order valence-electron chi connectivity index (χ2n) is 3.23. The Labute approximate surface area is 84.0 Å². The Morgan fingerprint density at radius 1 is 1.64 bits per heavy atom. The Morgan fingerprint density at radius 2 is 2.36 bits per heavy atom. The van der Waals surface area contributed by atoms with Crippen molar-refractivity contribution >= 4 is 27.7 Å². The topological polar surface area (TPSA) is 68.0 Å². The van der Waals surface area contributed by atoms with Gasteiger partial charge in [0.2, 0.25) is 0 Å². The first-order valence-electron chi connectivity index (χ1n) is 4.17. The van der Waals surface area contributed by atoms with E-state index in [9.17, 15) is 4.79 Å². The lowest BCUT2D eigenvalue weighted by atomic mass is 10.4. The smallest absolute Gasteiger partial charge is 0.346 e. The van der Waals surface area contributed by atoms with Crippen LogP contribution in [0.3, 0.4) is 0 Å². The summed E-state index contributed by atoms with van der Waals surface area (Å²) in [6.07, 6.45) is 0. The quantitative estimate of drug-likeness (QED) is 0.822. The molecule has 0 unspecified atom stereocenters. The summed E-state index contributed by atoms with van der Waals surface area (Å²) in [5.74, 6) is -0.914. The molecule has 14 heavy (non-hydrogen) atoms. The van der Waals surface area contributed by atoms with Crippen molar-refractivity contribution in [2.24, 2.45) is 0 Å². The average Bonchev–Trinajstić information content (AvgIpc) is 2.58. The number of aromatic carboxylic acids is 1. The molecule has 6 heteroatoms. The lowest BCUT2D eigenvalue weighted by molar-refractivity contribution is 0.0702. The summed E-state index contributed by atoms with van der Waals surface area (Å²) < 4.78 is 1.73. The summed E-state index contributed by atoms with van der Waals surface area (Å²) in [5.41, 5.74) is 0.654. The third kappa shape index (κ3) is 1.27. The average molecular weight is 211 g/mol. The molecule has 2 aromatic rings. The highest BCUT2D eigenvalue weighted by molar-refractivity contribution is 7.20. The van der Waals surface area contributed by atoms with E-state index < -0.39 is 5.97 Å². The Hall–Kier alpha value is -1.43. The maximum atomic E-state index is 10.7. The van der Waals surface area contributed by atoms with E-state index in [4.69, 9.17) is 5.11 Å². The number of thiophene rings is 1. The Balaban J connectivity index is 2.61. The SMILES string of the molecule is CC(C)n1nnc2cc(C(=O)O)sc21. The van der Waals surface area contributed by atoms with Crippen molar-refractivity contribution in [1.29, 1.82) is 0 Å². The fraction of sp³-hybridized carbons (Fsp3) is 0.375. The zero-order valence-corrected chi connectivity index (χ0v) is 8.58. The van der Waals surface area contributed by atoms with E-state index in [0.717, 1.165) is 4.83 Å². The molecule has 0 bridgehead atoms. The molecule has 2 aromatic heterocycles. The summed E-state index contributed by atoms with van der Waals surface area (Å²) in [5, 5.41) is 16.6. The molecule has 0 saturated heterocycles. The van der Waals surface area contributed by atoms with Crippen molar-refractivity contribution in [2.45, 2.75) is 19.9 Å². The van der Waals surface area contributed by atoms with Gasteiger partial charge < -0.3 is 5.11 Å². The van der Waals surface area contributed by atoms with Gasteiger partial charge in [-0.15, -0.1) is 16.4 Å². The molecule has 1 N–H and O–H groups in total. The van der Waals surface area contributed by atoms with Crippen LogP contribution in [0.4, 0.5) is 0 Å². The van der Waals surface area contributed by atoms with Crippen molar-refractivity contribution < 1.29 is 9.90 Å². The van der Waals surface area contributed by atoms with E-state index in [0.29, 0.717) is 10.4 Å². The van der Waals surface area contributed by atoms with E-state index >= 15 is 0 Å². The van der Waals surface area contributed by atoms with Gasteiger partial charge in [-0.1, -0.05) is 5.21 Å². The molecule has 0 saturated carbocycles. The van der Waals surface area contributed by atoms with Gasteiger partial charge in [-0.3, -0.25) is 0 Å². The maximum absolute atomic E-state index is 10.7. The normalized spacial score (nSPS) is 11.4. The maximum Gasteiger partial charge on any atom is 0.346 e. The minimum absolute atomic E-state index is 0.195. The highest BCUT2D eigenvalue weighted by Crippen LogP contribution is 2.25. The first kappa shape index (κ1) is 9.14. The van der Waals surface area contributed by atoms with Crippen LogP contribution >= 0.6 is 11.3 Å². The van der Waals surface area contributed by atoms with Crippen LogP contribution in [0, 0.1) is 0 Å². The molecule has 74 valence electrons. The first-order chi connectivity index (χ1) is 6.59. The number of carbonyl (C=O) groups is 1. The zero-order valence-electron chi connectivity index (χ0n) is 7.76. The summed E-state index contributed by atoms with van der Waals surface area (Å²) in [7, 11) is 0. The first-order valence-corrected chi connectivity index (χ1v) is 4.99. The van der Waals surface area contributed by atoms with Crippen LogP contribution in [0.2, 0.25) is 0 Å². The number of nitrogens with zero attached hydrogens (tertiary/aromatic N) is 3. The number of fused-ring (bicyclic) bond motifs is 1. The second kappa shape index (κ2) is 3.06. The van der Waals surface area contributed by atoms with E-state index in [1.165, 1.54) is 11.3 Å². The molecular weight excluding hydrogens is 202 g/mol. The molecular formula is C8H9N3O2S. The van der Waals surface area contributed by atoms with Crippen LogP contribution in [-0.2, 0) is 0 Å². The molecule has 0 amide bonds. The third-order valence-corrected chi connectivity index (χ3v) is 2.95. The predicted octanol–water partition coefficient (Wildman–Crippen LogP) is 1.77. The number of carboxylic acid groups (broad SMARTS) is 1. The number of aromatic nitrogens is 3. The molecule has 0 aromatic carbocycles. The standard InChI is InChI=1S/C8H9N3O2S/c1-4(2)11-7-5(9-10-11)3-6(14-7)8(12)13/h3-4H,1-2H3,(H,12,13). The van der Waals surface area contributed by atoms with Gasteiger partial charge in [0.05, 0.1) is 0 Å². The minimum atomic E-state index is -0.914. The van der Waals surface area contributed by atoms with Crippen molar-refractivity contribution in [2.75, 3.05) is 0 Å². The number of carboxylic acids is 1. The Morgan fingerprint density at radius 3 is 2.93 bits per heavy atom. The van der Waals surface area contributed by atoms with Crippen LogP contribution < -0.4 is 0 Å². The van der Waals surface area contributed by atoms with Crippen molar-refractivity contribution in [1.82, 2.24) is 15.0 Å². The van der Waals surface area contributed by atoms with Crippen LogP contribution in [-0.4, -0.2) is 26.1 Å². The lowest BCUT2D eigenvalue weighted by Crippen LogP contribution is -2.01. The number of hydrogen-bond donors (Lipinski definition) is 1. The molecule has 0 aliphatic carbocycles. The predicted molar refractivity (Wildman–Crippen MR) is 52.7 cm³/mol. The van der Waals surface area contributed by atoms with E-state index in [2.05, 4.69) is 10.3 Å². The van der Waals surface area contributed by atoms with Gasteiger partial charge in [0.15, 0.2) is 0 Å². The molecule has 2 heterocycles. The largest absolute Gasteiger partial charge is 0.477 e. The van der Waals surface area contributed by atoms with Crippen LogP contribution in [0.5, 0.6) is 0 Å². The van der Waals surface area contributed by atoms with Gasteiger partial charge in [0.1, 0.15) is 15.2 Å². The van der Waals surface area contributed by atoms with Crippen LogP contribution in [0.25, 0.3) is 10.3 Å². The van der Waals surface area contributed by atoms with Crippen LogP contribution in [0.15, 0.2) is 6.07 Å². The monoisotopic (exact) mass is 211 g/mol. The summed E-state index contributed by atoms with van der Waals surface area (Å²) in [6.45, 7) is 3.96. The van der Waals surface area contributed by atoms with Gasteiger partial charge >= 0.3 is 5.97 Å². The third-order valence-electron chi connectivity index (χ3n) is 1.85. The van der Waals surface area contributed by atoms with E-state index in [1.807, 2.05) is 13.8 Å². The highest BCUT2D eigenvalue weighted by Gasteiger charge is 2.14. The number of hydrogen-bond acceptors (Lipinski definition) is 4. The molecule has 0 radical (unpaired) electrons. The summed E-state index contributed by atoms with van der Waals surface area (Å²) in [6, 6.07) is 1.74. The van der Waals surface area contributed by atoms with Gasteiger partial charge in [-0.2, -0.15) is 0 Å².